The van der Waals surface area contributed by atoms with Crippen molar-refractivity contribution in [3.8, 4) is 0 Å². The van der Waals surface area contributed by atoms with E-state index in [0.717, 1.165) is 11.4 Å². The fourth-order valence-electron chi connectivity index (χ4n) is 1.78. The highest BCUT2D eigenvalue weighted by Gasteiger charge is 2.22. The van der Waals surface area contributed by atoms with Gasteiger partial charge in [0, 0.05) is 11.4 Å². The molecule has 0 fully saturated rings. The molecule has 2 rings (SSSR count). The second-order valence-electron chi connectivity index (χ2n) is 4.30. The molecule has 0 saturated carbocycles. The van der Waals surface area contributed by atoms with E-state index >= 15 is 0 Å². The van der Waals surface area contributed by atoms with E-state index in [1.807, 2.05) is 26.0 Å². The van der Waals surface area contributed by atoms with Gasteiger partial charge < -0.3 is 10.2 Å². The van der Waals surface area contributed by atoms with Crippen molar-refractivity contribution in [1.82, 2.24) is 9.97 Å². The van der Waals surface area contributed by atoms with Crippen molar-refractivity contribution in [2.24, 2.45) is 0 Å². The van der Waals surface area contributed by atoms with Crippen LogP contribution in [0.5, 0.6) is 0 Å². The first-order valence-corrected chi connectivity index (χ1v) is 5.81. The second-order valence-corrected chi connectivity index (χ2v) is 4.30. The zero-order valence-corrected chi connectivity index (χ0v) is 10.4. The van der Waals surface area contributed by atoms with E-state index in [9.17, 15) is 10.2 Å². The van der Waals surface area contributed by atoms with Crippen LogP contribution in [0.25, 0.3) is 0 Å². The average Bonchev–Trinajstić information content (AvgIpc) is 2.37. The Kier molecular flexibility index (Phi) is 3.69. The number of aromatic nitrogens is 2. The van der Waals surface area contributed by atoms with Crippen LogP contribution in [-0.2, 0) is 0 Å². The lowest BCUT2D eigenvalue weighted by Gasteiger charge is -2.17. The Hall–Kier alpha value is -1.78. The Morgan fingerprint density at radius 2 is 1.17 bits per heavy atom. The fraction of sp³-hybridized carbons (Fsp3) is 0.286. The number of rotatable bonds is 3. The van der Waals surface area contributed by atoms with E-state index in [1.165, 1.54) is 0 Å². The van der Waals surface area contributed by atoms with Crippen LogP contribution >= 0.6 is 0 Å². The molecule has 2 atom stereocenters. The van der Waals surface area contributed by atoms with Gasteiger partial charge in [-0.25, -0.2) is 0 Å². The molecule has 0 spiro atoms. The van der Waals surface area contributed by atoms with E-state index in [0.29, 0.717) is 11.4 Å². The maximum atomic E-state index is 10.1. The third-order valence-corrected chi connectivity index (χ3v) is 2.72. The van der Waals surface area contributed by atoms with Crippen molar-refractivity contribution in [1.29, 1.82) is 0 Å². The van der Waals surface area contributed by atoms with E-state index in [4.69, 9.17) is 0 Å². The number of aliphatic hydroxyl groups is 2. The van der Waals surface area contributed by atoms with Crippen LogP contribution in [0.2, 0.25) is 0 Å². The summed E-state index contributed by atoms with van der Waals surface area (Å²) in [5.74, 6) is 0. The minimum atomic E-state index is -1.07. The van der Waals surface area contributed by atoms with Gasteiger partial charge in [-0.15, -0.1) is 0 Å². The van der Waals surface area contributed by atoms with E-state index in [-0.39, 0.29) is 0 Å². The standard InChI is InChI=1S/C14H16N2O2/c1-9-5-3-7-11(15-9)13(17)14(18)12-8-4-6-10(2)16-12/h3-8,13-14,17-18H,1-2H3/t13-,14-/m0/s1. The molecule has 0 unspecified atom stereocenters. The van der Waals surface area contributed by atoms with Crippen molar-refractivity contribution >= 4 is 0 Å². The predicted octanol–water partition coefficient (Wildman–Crippen LogP) is 1.86. The minimum Gasteiger partial charge on any atom is -0.384 e. The van der Waals surface area contributed by atoms with Crippen molar-refractivity contribution in [2.45, 2.75) is 26.1 Å². The van der Waals surface area contributed by atoms with Crippen LogP contribution in [0.15, 0.2) is 36.4 Å². The summed E-state index contributed by atoms with van der Waals surface area (Å²) in [5.41, 5.74) is 2.50. The van der Waals surface area contributed by atoms with Crippen LogP contribution in [0.1, 0.15) is 35.0 Å². The molecule has 4 nitrogen and oxygen atoms in total. The van der Waals surface area contributed by atoms with Crippen molar-refractivity contribution in [3.05, 3.63) is 59.2 Å². The predicted molar refractivity (Wildman–Crippen MR) is 67.9 cm³/mol. The SMILES string of the molecule is Cc1cccc([C@H](O)[C@@H](O)c2cccc(C)n2)n1. The zero-order chi connectivity index (χ0) is 13.1. The minimum absolute atomic E-state index is 0.450. The summed E-state index contributed by atoms with van der Waals surface area (Å²) in [6, 6.07) is 10.7. The second kappa shape index (κ2) is 5.25. The topological polar surface area (TPSA) is 66.2 Å². The molecular formula is C14H16N2O2. The molecule has 18 heavy (non-hydrogen) atoms. The number of pyridine rings is 2. The fourth-order valence-corrected chi connectivity index (χ4v) is 1.78. The molecule has 0 amide bonds. The van der Waals surface area contributed by atoms with Gasteiger partial charge in [-0.3, -0.25) is 9.97 Å². The summed E-state index contributed by atoms with van der Waals surface area (Å²) in [4.78, 5) is 8.41. The number of aryl methyl sites for hydroxylation is 2. The molecule has 0 aliphatic carbocycles. The third-order valence-electron chi connectivity index (χ3n) is 2.72. The highest BCUT2D eigenvalue weighted by molar-refractivity contribution is 5.18. The maximum Gasteiger partial charge on any atom is 0.127 e. The summed E-state index contributed by atoms with van der Waals surface area (Å²) >= 11 is 0. The summed E-state index contributed by atoms with van der Waals surface area (Å²) in [7, 11) is 0. The van der Waals surface area contributed by atoms with Crippen molar-refractivity contribution < 1.29 is 10.2 Å². The van der Waals surface area contributed by atoms with Crippen molar-refractivity contribution in [3.63, 3.8) is 0 Å². The monoisotopic (exact) mass is 244 g/mol. The lowest BCUT2D eigenvalue weighted by atomic mass is 10.1. The van der Waals surface area contributed by atoms with Crippen LogP contribution in [0, 0.1) is 13.8 Å². The van der Waals surface area contributed by atoms with E-state index < -0.39 is 12.2 Å². The van der Waals surface area contributed by atoms with Gasteiger partial charge in [-0.1, -0.05) is 12.1 Å². The highest BCUT2D eigenvalue weighted by Crippen LogP contribution is 2.26. The van der Waals surface area contributed by atoms with Gasteiger partial charge in [0.25, 0.3) is 0 Å². The number of hydrogen-bond donors (Lipinski definition) is 2. The first kappa shape index (κ1) is 12.7. The molecule has 94 valence electrons. The summed E-state index contributed by atoms with van der Waals surface area (Å²) in [6.07, 6.45) is -2.14. The molecule has 0 saturated heterocycles. The van der Waals surface area contributed by atoms with Gasteiger partial charge >= 0.3 is 0 Å². The number of hydrogen-bond acceptors (Lipinski definition) is 4. The van der Waals surface area contributed by atoms with Gasteiger partial charge in [0.1, 0.15) is 12.2 Å². The van der Waals surface area contributed by atoms with Gasteiger partial charge in [-0.05, 0) is 38.1 Å². The number of nitrogens with zero attached hydrogens (tertiary/aromatic N) is 2. The lowest BCUT2D eigenvalue weighted by molar-refractivity contribution is 0.0119. The van der Waals surface area contributed by atoms with Crippen molar-refractivity contribution in [2.75, 3.05) is 0 Å². The molecular weight excluding hydrogens is 228 g/mol. The maximum absolute atomic E-state index is 10.1. The molecule has 0 aliphatic heterocycles. The molecule has 2 aromatic heterocycles. The van der Waals surface area contributed by atoms with Gasteiger partial charge in [-0.2, -0.15) is 0 Å². The Labute approximate surface area is 106 Å². The molecule has 0 aliphatic rings. The Bertz CT molecular complexity index is 493. The molecule has 2 heterocycles. The first-order valence-electron chi connectivity index (χ1n) is 5.81. The Balaban J connectivity index is 2.26. The molecule has 2 aromatic rings. The molecule has 0 aromatic carbocycles. The largest absolute Gasteiger partial charge is 0.384 e. The van der Waals surface area contributed by atoms with Crippen LogP contribution in [0.4, 0.5) is 0 Å². The lowest BCUT2D eigenvalue weighted by Crippen LogP contribution is -2.13. The molecule has 2 N–H and O–H groups in total. The molecule has 0 radical (unpaired) electrons. The average molecular weight is 244 g/mol. The van der Waals surface area contributed by atoms with Gasteiger partial charge in [0.05, 0.1) is 11.4 Å². The van der Waals surface area contributed by atoms with E-state index in [2.05, 4.69) is 9.97 Å². The van der Waals surface area contributed by atoms with Gasteiger partial charge in [0.2, 0.25) is 0 Å². The Morgan fingerprint density at radius 3 is 1.50 bits per heavy atom. The Morgan fingerprint density at radius 1 is 0.778 bits per heavy atom. The van der Waals surface area contributed by atoms with E-state index in [1.54, 1.807) is 24.3 Å². The summed E-state index contributed by atoms with van der Waals surface area (Å²) < 4.78 is 0. The number of aliphatic hydroxyl groups excluding tert-OH is 2. The smallest absolute Gasteiger partial charge is 0.127 e. The molecule has 0 bridgehead atoms. The third kappa shape index (κ3) is 2.72. The summed E-state index contributed by atoms with van der Waals surface area (Å²) in [6.45, 7) is 3.68. The van der Waals surface area contributed by atoms with Crippen LogP contribution in [0.3, 0.4) is 0 Å². The van der Waals surface area contributed by atoms with Crippen LogP contribution < -0.4 is 0 Å². The normalized spacial score (nSPS) is 14.2. The van der Waals surface area contributed by atoms with Crippen LogP contribution in [-0.4, -0.2) is 20.2 Å². The molecule has 4 heteroatoms. The zero-order valence-electron chi connectivity index (χ0n) is 10.4. The first-order chi connectivity index (χ1) is 8.58. The summed E-state index contributed by atoms with van der Waals surface area (Å²) in [5, 5.41) is 20.2. The quantitative estimate of drug-likeness (QED) is 0.865. The van der Waals surface area contributed by atoms with Gasteiger partial charge in [0.15, 0.2) is 0 Å². The highest BCUT2D eigenvalue weighted by atomic mass is 16.3.